The molecule has 5 nitrogen and oxygen atoms in total. The molecule has 2 atom stereocenters. The lowest BCUT2D eigenvalue weighted by Crippen LogP contribution is -2.25. The largest absolute Gasteiger partial charge is 0.486 e. The number of rotatable bonds is 2. The Labute approximate surface area is 181 Å². The molecule has 30 heavy (non-hydrogen) atoms. The maximum atomic E-state index is 5.86. The Hall–Kier alpha value is -2.34. The van der Waals surface area contributed by atoms with Gasteiger partial charge in [0.25, 0.3) is 0 Å². The fourth-order valence-corrected chi connectivity index (χ4v) is 6.69. The van der Waals surface area contributed by atoms with Gasteiger partial charge in [-0.25, -0.2) is 9.97 Å². The van der Waals surface area contributed by atoms with Crippen molar-refractivity contribution in [3.63, 3.8) is 0 Å². The molecule has 0 saturated carbocycles. The highest BCUT2D eigenvalue weighted by Crippen LogP contribution is 2.45. The standard InChI is InChI=1S/C24H27N3O2S/c1-14-5-7-17-21(12-14)30-24-22(17)23(25-15(2)26-24)27-9-3-4-18(27)16-6-8-19-20(13-16)29-11-10-28-19/h6,8,13-14,18H,3-5,7,9-12H2,1-2H3/t14-,18-/m0/s1. The molecular formula is C24H27N3O2S. The van der Waals surface area contributed by atoms with Crippen molar-refractivity contribution >= 4 is 27.4 Å². The third kappa shape index (κ3) is 2.96. The van der Waals surface area contributed by atoms with Crippen LogP contribution < -0.4 is 14.4 Å². The highest BCUT2D eigenvalue weighted by atomic mass is 32.1. The summed E-state index contributed by atoms with van der Waals surface area (Å²) in [4.78, 5) is 15.1. The van der Waals surface area contributed by atoms with Gasteiger partial charge in [0.05, 0.1) is 11.4 Å². The van der Waals surface area contributed by atoms with Gasteiger partial charge in [0.2, 0.25) is 0 Å². The molecule has 0 amide bonds. The van der Waals surface area contributed by atoms with Crippen LogP contribution in [0.25, 0.3) is 10.2 Å². The number of aromatic nitrogens is 2. The first-order chi connectivity index (χ1) is 14.7. The lowest BCUT2D eigenvalue weighted by molar-refractivity contribution is 0.171. The van der Waals surface area contributed by atoms with Crippen LogP contribution in [-0.2, 0) is 12.8 Å². The molecule has 3 aromatic rings. The summed E-state index contributed by atoms with van der Waals surface area (Å²) in [5.74, 6) is 4.51. The van der Waals surface area contributed by atoms with Crippen molar-refractivity contribution < 1.29 is 9.47 Å². The van der Waals surface area contributed by atoms with Gasteiger partial charge in [0, 0.05) is 11.4 Å². The quantitative estimate of drug-likeness (QED) is 0.566. The first kappa shape index (κ1) is 18.4. The van der Waals surface area contributed by atoms with E-state index in [1.165, 1.54) is 45.5 Å². The van der Waals surface area contributed by atoms with Gasteiger partial charge in [0.15, 0.2) is 11.5 Å². The van der Waals surface area contributed by atoms with Crippen LogP contribution in [0.5, 0.6) is 11.5 Å². The number of anilines is 1. The Morgan fingerprint density at radius 3 is 2.87 bits per heavy atom. The van der Waals surface area contributed by atoms with Gasteiger partial charge in [-0.2, -0.15) is 0 Å². The lowest BCUT2D eigenvalue weighted by atomic mass is 9.89. The van der Waals surface area contributed by atoms with Gasteiger partial charge in [-0.1, -0.05) is 13.0 Å². The monoisotopic (exact) mass is 421 g/mol. The summed E-state index contributed by atoms with van der Waals surface area (Å²) in [6, 6.07) is 6.76. The van der Waals surface area contributed by atoms with Gasteiger partial charge in [-0.05, 0) is 68.2 Å². The van der Waals surface area contributed by atoms with Crippen molar-refractivity contribution in [1.29, 1.82) is 0 Å². The van der Waals surface area contributed by atoms with Crippen molar-refractivity contribution in [3.05, 3.63) is 40.0 Å². The van der Waals surface area contributed by atoms with Crippen LogP contribution in [0, 0.1) is 12.8 Å². The highest BCUT2D eigenvalue weighted by molar-refractivity contribution is 7.19. The summed E-state index contributed by atoms with van der Waals surface area (Å²) in [5.41, 5.74) is 2.80. The number of nitrogens with zero attached hydrogens (tertiary/aromatic N) is 3. The van der Waals surface area contributed by atoms with Crippen LogP contribution in [0.4, 0.5) is 5.82 Å². The minimum Gasteiger partial charge on any atom is -0.486 e. The van der Waals surface area contributed by atoms with Crippen molar-refractivity contribution in [2.24, 2.45) is 5.92 Å². The Balaban J connectivity index is 1.45. The molecule has 2 aliphatic heterocycles. The van der Waals surface area contributed by atoms with E-state index in [2.05, 4.69) is 30.0 Å². The van der Waals surface area contributed by atoms with E-state index in [-0.39, 0.29) is 0 Å². The molecule has 4 heterocycles. The zero-order valence-corrected chi connectivity index (χ0v) is 18.4. The topological polar surface area (TPSA) is 47.5 Å². The third-order valence-electron chi connectivity index (χ3n) is 6.72. The van der Waals surface area contributed by atoms with Crippen molar-refractivity contribution in [3.8, 4) is 11.5 Å². The fraction of sp³-hybridized carbons (Fsp3) is 0.500. The SMILES string of the molecule is Cc1nc(N2CCC[C@H]2c2ccc3c(c2)OCCO3)c2c3c(sc2n1)C[C@@H](C)CC3. The van der Waals surface area contributed by atoms with E-state index < -0.39 is 0 Å². The third-order valence-corrected chi connectivity index (χ3v) is 7.87. The number of benzene rings is 1. The zero-order valence-electron chi connectivity index (χ0n) is 17.6. The van der Waals surface area contributed by atoms with Gasteiger partial charge in [0.1, 0.15) is 29.7 Å². The molecule has 0 spiro atoms. The average molecular weight is 422 g/mol. The second-order valence-corrected chi connectivity index (χ2v) is 9.96. The molecule has 0 N–H and O–H groups in total. The van der Waals surface area contributed by atoms with E-state index in [4.69, 9.17) is 19.4 Å². The molecule has 1 fully saturated rings. The van der Waals surface area contributed by atoms with Crippen molar-refractivity contribution in [1.82, 2.24) is 9.97 Å². The summed E-state index contributed by atoms with van der Waals surface area (Å²) in [6.45, 7) is 6.67. The molecule has 1 aliphatic carbocycles. The number of fused-ring (bicyclic) bond motifs is 4. The van der Waals surface area contributed by atoms with Gasteiger partial charge in [-0.3, -0.25) is 0 Å². The van der Waals surface area contributed by atoms with E-state index in [1.807, 2.05) is 18.3 Å². The highest BCUT2D eigenvalue weighted by Gasteiger charge is 2.32. The number of hydrogen-bond donors (Lipinski definition) is 0. The summed E-state index contributed by atoms with van der Waals surface area (Å²) in [7, 11) is 0. The Morgan fingerprint density at radius 1 is 1.10 bits per heavy atom. The van der Waals surface area contributed by atoms with Crippen LogP contribution >= 0.6 is 11.3 Å². The van der Waals surface area contributed by atoms with E-state index in [1.54, 1.807) is 0 Å². The molecule has 3 aliphatic rings. The molecular weight excluding hydrogens is 394 g/mol. The second kappa shape index (κ2) is 7.12. The molecule has 156 valence electrons. The molecule has 1 saturated heterocycles. The second-order valence-electron chi connectivity index (χ2n) is 8.88. The maximum absolute atomic E-state index is 5.86. The Kier molecular flexibility index (Phi) is 4.37. The number of ether oxygens (including phenoxy) is 2. The lowest BCUT2D eigenvalue weighted by Gasteiger charge is -2.29. The first-order valence-electron chi connectivity index (χ1n) is 11.1. The molecule has 6 heteroatoms. The minimum atomic E-state index is 0.316. The zero-order chi connectivity index (χ0) is 20.2. The predicted octanol–water partition coefficient (Wildman–Crippen LogP) is 5.24. The Bertz CT molecular complexity index is 1130. The number of hydrogen-bond acceptors (Lipinski definition) is 6. The minimum absolute atomic E-state index is 0.316. The van der Waals surface area contributed by atoms with Crippen molar-refractivity contribution in [2.75, 3.05) is 24.7 Å². The van der Waals surface area contributed by atoms with Crippen LogP contribution in [0.2, 0.25) is 0 Å². The molecule has 6 rings (SSSR count). The molecule has 0 bridgehead atoms. The van der Waals surface area contributed by atoms with E-state index in [9.17, 15) is 0 Å². The predicted molar refractivity (Wildman–Crippen MR) is 120 cm³/mol. The molecule has 2 aromatic heterocycles. The average Bonchev–Trinajstić information content (AvgIpc) is 3.37. The summed E-state index contributed by atoms with van der Waals surface area (Å²) in [6.07, 6.45) is 5.90. The van der Waals surface area contributed by atoms with E-state index >= 15 is 0 Å². The summed E-state index contributed by atoms with van der Waals surface area (Å²) >= 11 is 1.89. The van der Waals surface area contributed by atoms with E-state index in [0.29, 0.717) is 19.3 Å². The maximum Gasteiger partial charge on any atom is 0.161 e. The summed E-state index contributed by atoms with van der Waals surface area (Å²) in [5, 5.41) is 1.32. The van der Waals surface area contributed by atoms with Crippen LogP contribution in [0.3, 0.4) is 0 Å². The van der Waals surface area contributed by atoms with Crippen LogP contribution in [-0.4, -0.2) is 29.7 Å². The van der Waals surface area contributed by atoms with Crippen LogP contribution in [0.15, 0.2) is 18.2 Å². The van der Waals surface area contributed by atoms with Crippen molar-refractivity contribution in [2.45, 2.75) is 52.0 Å². The number of thiophene rings is 1. The summed E-state index contributed by atoms with van der Waals surface area (Å²) < 4.78 is 11.6. The number of aryl methyl sites for hydroxylation is 2. The Morgan fingerprint density at radius 2 is 1.97 bits per heavy atom. The van der Waals surface area contributed by atoms with Crippen LogP contribution in [0.1, 0.15) is 54.1 Å². The smallest absolute Gasteiger partial charge is 0.161 e. The van der Waals surface area contributed by atoms with E-state index in [0.717, 1.165) is 48.4 Å². The fourth-order valence-electron chi connectivity index (χ4n) is 5.27. The van der Waals surface area contributed by atoms with Gasteiger partial charge >= 0.3 is 0 Å². The molecule has 1 aromatic carbocycles. The molecule has 0 radical (unpaired) electrons. The van der Waals surface area contributed by atoms with Gasteiger partial charge < -0.3 is 14.4 Å². The normalized spacial score (nSPS) is 23.1. The first-order valence-corrected chi connectivity index (χ1v) is 11.9. The van der Waals surface area contributed by atoms with Gasteiger partial charge in [-0.15, -0.1) is 11.3 Å². The molecule has 0 unspecified atom stereocenters.